The molecule has 0 bridgehead atoms. The number of unbranched alkanes of at least 4 members (excludes halogenated alkanes) is 1. The third kappa shape index (κ3) is 3.67. The Labute approximate surface area is 132 Å². The first-order valence-electron chi connectivity index (χ1n) is 6.42. The minimum absolute atomic E-state index is 0.0632. The number of alkyl halides is 1. The molecule has 0 radical (unpaired) electrons. The fourth-order valence-electron chi connectivity index (χ4n) is 2.17. The largest absolute Gasteiger partial charge is 0.327 e. The van der Waals surface area contributed by atoms with Crippen molar-refractivity contribution >= 4 is 50.3 Å². The van der Waals surface area contributed by atoms with Crippen molar-refractivity contribution in [2.75, 3.05) is 12.0 Å². The van der Waals surface area contributed by atoms with E-state index in [-0.39, 0.29) is 5.38 Å². The highest BCUT2D eigenvalue weighted by Crippen LogP contribution is 2.27. The van der Waals surface area contributed by atoms with E-state index in [9.17, 15) is 0 Å². The molecule has 0 spiro atoms. The molecule has 1 heterocycles. The molecule has 2 nitrogen and oxygen atoms in total. The summed E-state index contributed by atoms with van der Waals surface area (Å²) in [6.45, 7) is 2.97. The number of hydrogen-bond donors (Lipinski definition) is 0. The average molecular weight is 362 g/mol. The van der Waals surface area contributed by atoms with E-state index >= 15 is 0 Å². The lowest BCUT2D eigenvalue weighted by Gasteiger charge is -2.10. The predicted molar refractivity (Wildman–Crippen MR) is 89.3 cm³/mol. The summed E-state index contributed by atoms with van der Waals surface area (Å²) in [5, 5.41) is -0.0632. The number of thioether (sulfide) groups is 1. The van der Waals surface area contributed by atoms with Crippen LogP contribution in [0.3, 0.4) is 0 Å². The summed E-state index contributed by atoms with van der Waals surface area (Å²) in [5.41, 5.74) is 2.19. The standard InChI is InChI=1S/C14H18BrClN2S/c1-10(16)14-17-12-6-5-11(15)9-13(12)18(14)7-3-4-8-19-2/h5-6,9-10H,3-4,7-8H2,1-2H3. The second kappa shape index (κ2) is 7.00. The third-order valence-corrected chi connectivity index (χ3v) is 4.46. The third-order valence-electron chi connectivity index (χ3n) is 3.08. The Hall–Kier alpha value is -0.190. The van der Waals surface area contributed by atoms with Crippen molar-refractivity contribution in [3.05, 3.63) is 28.5 Å². The van der Waals surface area contributed by atoms with Crippen molar-refractivity contribution in [2.24, 2.45) is 0 Å². The van der Waals surface area contributed by atoms with Gasteiger partial charge in [-0.2, -0.15) is 11.8 Å². The summed E-state index contributed by atoms with van der Waals surface area (Å²) in [5.74, 6) is 2.18. The highest BCUT2D eigenvalue weighted by molar-refractivity contribution is 9.10. The van der Waals surface area contributed by atoms with Gasteiger partial charge in [-0.1, -0.05) is 15.9 Å². The van der Waals surface area contributed by atoms with Crippen molar-refractivity contribution in [1.82, 2.24) is 9.55 Å². The van der Waals surface area contributed by atoms with Gasteiger partial charge in [-0.25, -0.2) is 4.98 Å². The Kier molecular flexibility index (Phi) is 5.60. The quantitative estimate of drug-likeness (QED) is 0.517. The molecule has 0 saturated heterocycles. The number of rotatable bonds is 6. The second-order valence-corrected chi connectivity index (χ2v) is 7.13. The lowest BCUT2D eigenvalue weighted by molar-refractivity contribution is 0.619. The lowest BCUT2D eigenvalue weighted by Crippen LogP contribution is -2.05. The molecule has 2 aromatic rings. The van der Waals surface area contributed by atoms with Gasteiger partial charge in [0.1, 0.15) is 5.82 Å². The van der Waals surface area contributed by atoms with Gasteiger partial charge < -0.3 is 4.57 Å². The van der Waals surface area contributed by atoms with Gasteiger partial charge in [-0.3, -0.25) is 0 Å². The molecule has 0 amide bonds. The van der Waals surface area contributed by atoms with Crippen LogP contribution in [-0.4, -0.2) is 21.6 Å². The molecular weight excluding hydrogens is 344 g/mol. The van der Waals surface area contributed by atoms with Crippen LogP contribution in [0.25, 0.3) is 11.0 Å². The van der Waals surface area contributed by atoms with Gasteiger partial charge in [0.05, 0.1) is 16.4 Å². The topological polar surface area (TPSA) is 17.8 Å². The smallest absolute Gasteiger partial charge is 0.127 e. The molecule has 2 rings (SSSR count). The molecule has 104 valence electrons. The van der Waals surface area contributed by atoms with Crippen LogP contribution in [0.5, 0.6) is 0 Å². The van der Waals surface area contributed by atoms with E-state index in [1.807, 2.05) is 30.8 Å². The SMILES string of the molecule is CSCCCCn1c(C(C)Cl)nc2ccc(Br)cc21. The highest BCUT2D eigenvalue weighted by atomic mass is 79.9. The summed E-state index contributed by atoms with van der Waals surface area (Å²) < 4.78 is 3.34. The molecule has 0 saturated carbocycles. The van der Waals surface area contributed by atoms with Crippen molar-refractivity contribution < 1.29 is 0 Å². The predicted octanol–water partition coefficient (Wildman–Crippen LogP) is 5.24. The number of halogens is 2. The summed E-state index contributed by atoms with van der Waals surface area (Å²) >= 11 is 11.7. The van der Waals surface area contributed by atoms with Gasteiger partial charge >= 0.3 is 0 Å². The first kappa shape index (κ1) is 15.2. The molecule has 19 heavy (non-hydrogen) atoms. The van der Waals surface area contributed by atoms with Gasteiger partial charge in [-0.15, -0.1) is 11.6 Å². The first-order valence-corrected chi connectivity index (χ1v) is 9.04. The zero-order chi connectivity index (χ0) is 13.8. The number of benzene rings is 1. The second-order valence-electron chi connectivity index (χ2n) is 4.57. The van der Waals surface area contributed by atoms with Crippen LogP contribution in [0, 0.1) is 0 Å². The molecule has 0 N–H and O–H groups in total. The lowest BCUT2D eigenvalue weighted by atomic mass is 10.3. The minimum atomic E-state index is -0.0632. The molecule has 1 unspecified atom stereocenters. The van der Waals surface area contributed by atoms with Gasteiger partial charge in [0.15, 0.2) is 0 Å². The van der Waals surface area contributed by atoms with Gasteiger partial charge in [0.25, 0.3) is 0 Å². The number of hydrogen-bond acceptors (Lipinski definition) is 2. The molecule has 5 heteroatoms. The number of fused-ring (bicyclic) bond motifs is 1. The van der Waals surface area contributed by atoms with E-state index < -0.39 is 0 Å². The van der Waals surface area contributed by atoms with Crippen LogP contribution in [0.1, 0.15) is 31.0 Å². The minimum Gasteiger partial charge on any atom is -0.327 e. The number of nitrogens with zero attached hydrogens (tertiary/aromatic N) is 2. The normalized spacial score (nSPS) is 13.1. The van der Waals surface area contributed by atoms with Crippen LogP contribution >= 0.6 is 39.3 Å². The van der Waals surface area contributed by atoms with Gasteiger partial charge in [-0.05, 0) is 50.0 Å². The number of aryl methyl sites for hydroxylation is 1. The Morgan fingerprint density at radius 1 is 1.42 bits per heavy atom. The fourth-order valence-corrected chi connectivity index (χ4v) is 3.18. The van der Waals surface area contributed by atoms with Gasteiger partial charge in [0, 0.05) is 11.0 Å². The fraction of sp³-hybridized carbons (Fsp3) is 0.500. The molecule has 0 aliphatic heterocycles. The molecule has 1 aromatic carbocycles. The van der Waals surface area contributed by atoms with Crippen LogP contribution in [-0.2, 0) is 6.54 Å². The van der Waals surface area contributed by atoms with E-state index in [4.69, 9.17) is 11.6 Å². The molecule has 0 aliphatic carbocycles. The average Bonchev–Trinajstić information content (AvgIpc) is 2.73. The van der Waals surface area contributed by atoms with Gasteiger partial charge in [0.2, 0.25) is 0 Å². The zero-order valence-electron chi connectivity index (χ0n) is 11.2. The summed E-state index contributed by atoms with van der Waals surface area (Å²) in [6, 6.07) is 6.19. The summed E-state index contributed by atoms with van der Waals surface area (Å²) in [6.07, 6.45) is 4.54. The molecule has 1 aromatic heterocycles. The molecule has 1 atom stereocenters. The molecule has 0 fully saturated rings. The maximum absolute atomic E-state index is 6.26. The maximum atomic E-state index is 6.26. The monoisotopic (exact) mass is 360 g/mol. The van der Waals surface area contributed by atoms with E-state index in [0.717, 1.165) is 28.8 Å². The Morgan fingerprint density at radius 2 is 2.21 bits per heavy atom. The van der Waals surface area contributed by atoms with Crippen molar-refractivity contribution in [3.63, 3.8) is 0 Å². The Morgan fingerprint density at radius 3 is 2.89 bits per heavy atom. The summed E-state index contributed by atoms with van der Waals surface area (Å²) in [4.78, 5) is 4.66. The van der Waals surface area contributed by atoms with Crippen molar-refractivity contribution in [1.29, 1.82) is 0 Å². The van der Waals surface area contributed by atoms with Crippen LogP contribution in [0.4, 0.5) is 0 Å². The number of imidazole rings is 1. The van der Waals surface area contributed by atoms with Crippen LogP contribution in [0.2, 0.25) is 0 Å². The summed E-state index contributed by atoms with van der Waals surface area (Å²) in [7, 11) is 0. The first-order chi connectivity index (χ1) is 9.13. The Balaban J connectivity index is 2.31. The van der Waals surface area contributed by atoms with E-state index in [1.54, 1.807) is 0 Å². The van der Waals surface area contributed by atoms with E-state index in [2.05, 4.69) is 37.8 Å². The zero-order valence-corrected chi connectivity index (χ0v) is 14.4. The maximum Gasteiger partial charge on any atom is 0.127 e. The van der Waals surface area contributed by atoms with Crippen LogP contribution < -0.4 is 0 Å². The van der Waals surface area contributed by atoms with E-state index in [1.165, 1.54) is 17.7 Å². The van der Waals surface area contributed by atoms with E-state index in [0.29, 0.717) is 0 Å². The molecular formula is C14H18BrClN2S. The number of aromatic nitrogens is 2. The van der Waals surface area contributed by atoms with Crippen LogP contribution in [0.15, 0.2) is 22.7 Å². The van der Waals surface area contributed by atoms with Crippen molar-refractivity contribution in [3.8, 4) is 0 Å². The van der Waals surface area contributed by atoms with Crippen molar-refractivity contribution in [2.45, 2.75) is 31.7 Å². The molecule has 0 aliphatic rings. The highest BCUT2D eigenvalue weighted by Gasteiger charge is 2.14. The Bertz CT molecular complexity index is 554.